The lowest BCUT2D eigenvalue weighted by Gasteiger charge is -2.07. The van der Waals surface area contributed by atoms with Crippen molar-refractivity contribution in [2.45, 2.75) is 25.8 Å². The Morgan fingerprint density at radius 3 is 2.75 bits per heavy atom. The maximum absolute atomic E-state index is 13.3. The standard InChI is InChI=1S/C12H17ClFNO/c13-11-5-4-6-12(14)10(11)9-15-7-2-1-3-8-16/h4-6,15-16H,1-3,7-9H2. The maximum atomic E-state index is 13.3. The van der Waals surface area contributed by atoms with Crippen molar-refractivity contribution < 1.29 is 9.50 Å². The Kier molecular flexibility index (Phi) is 6.38. The first-order valence-electron chi connectivity index (χ1n) is 5.50. The summed E-state index contributed by atoms with van der Waals surface area (Å²) in [6, 6.07) is 4.70. The highest BCUT2D eigenvalue weighted by Gasteiger charge is 2.05. The lowest BCUT2D eigenvalue weighted by atomic mass is 10.2. The molecule has 0 radical (unpaired) electrons. The molecule has 0 amide bonds. The highest BCUT2D eigenvalue weighted by molar-refractivity contribution is 6.31. The van der Waals surface area contributed by atoms with Gasteiger partial charge in [-0.3, -0.25) is 0 Å². The van der Waals surface area contributed by atoms with Crippen LogP contribution in [0.5, 0.6) is 0 Å². The van der Waals surface area contributed by atoms with E-state index >= 15 is 0 Å². The van der Waals surface area contributed by atoms with Gasteiger partial charge in [-0.2, -0.15) is 0 Å². The topological polar surface area (TPSA) is 32.3 Å². The minimum Gasteiger partial charge on any atom is -0.396 e. The van der Waals surface area contributed by atoms with Crippen LogP contribution in [0.2, 0.25) is 5.02 Å². The summed E-state index contributed by atoms with van der Waals surface area (Å²) in [5.41, 5.74) is 0.520. The number of aliphatic hydroxyl groups is 1. The number of hydrogen-bond acceptors (Lipinski definition) is 2. The molecule has 2 nitrogen and oxygen atoms in total. The van der Waals surface area contributed by atoms with Crippen molar-refractivity contribution in [3.8, 4) is 0 Å². The molecule has 0 unspecified atom stereocenters. The van der Waals surface area contributed by atoms with Crippen LogP contribution in [0.3, 0.4) is 0 Å². The minimum absolute atomic E-state index is 0.235. The molecule has 0 atom stereocenters. The molecule has 0 saturated heterocycles. The van der Waals surface area contributed by atoms with E-state index in [-0.39, 0.29) is 12.4 Å². The van der Waals surface area contributed by atoms with Gasteiger partial charge in [-0.05, 0) is 37.9 Å². The summed E-state index contributed by atoms with van der Waals surface area (Å²) in [5.74, 6) is -0.268. The number of benzene rings is 1. The Morgan fingerprint density at radius 1 is 1.25 bits per heavy atom. The van der Waals surface area contributed by atoms with Gasteiger partial charge in [0.1, 0.15) is 5.82 Å². The number of aliphatic hydroxyl groups excluding tert-OH is 1. The van der Waals surface area contributed by atoms with Crippen LogP contribution in [0.4, 0.5) is 4.39 Å². The molecule has 16 heavy (non-hydrogen) atoms. The fraction of sp³-hybridized carbons (Fsp3) is 0.500. The van der Waals surface area contributed by atoms with Gasteiger partial charge in [-0.1, -0.05) is 17.7 Å². The predicted octanol–water partition coefficient (Wildman–Crippen LogP) is 2.73. The monoisotopic (exact) mass is 245 g/mol. The third-order valence-electron chi connectivity index (χ3n) is 2.38. The lowest BCUT2D eigenvalue weighted by Crippen LogP contribution is -2.16. The molecule has 0 aliphatic rings. The Bertz CT molecular complexity index is 300. The average molecular weight is 246 g/mol. The molecule has 0 heterocycles. The van der Waals surface area contributed by atoms with Crippen LogP contribution >= 0.6 is 11.6 Å². The quantitative estimate of drug-likeness (QED) is 0.724. The molecular formula is C12H17ClFNO. The first-order valence-corrected chi connectivity index (χ1v) is 5.88. The van der Waals surface area contributed by atoms with E-state index in [1.165, 1.54) is 6.07 Å². The minimum atomic E-state index is -0.268. The Labute approximate surface area is 100 Å². The van der Waals surface area contributed by atoms with Crippen LogP contribution in [0.25, 0.3) is 0 Å². The number of nitrogens with one attached hydrogen (secondary N) is 1. The second-order valence-corrected chi connectivity index (χ2v) is 4.07. The first kappa shape index (κ1) is 13.4. The highest BCUT2D eigenvalue weighted by Crippen LogP contribution is 2.18. The molecule has 0 aromatic heterocycles. The largest absolute Gasteiger partial charge is 0.396 e. The van der Waals surface area contributed by atoms with E-state index in [9.17, 15) is 4.39 Å². The van der Waals surface area contributed by atoms with Crippen molar-refractivity contribution in [3.63, 3.8) is 0 Å². The van der Waals surface area contributed by atoms with E-state index in [4.69, 9.17) is 16.7 Å². The third kappa shape index (κ3) is 4.47. The van der Waals surface area contributed by atoms with Gasteiger partial charge in [0, 0.05) is 23.7 Å². The Balaban J connectivity index is 2.26. The fourth-order valence-electron chi connectivity index (χ4n) is 1.45. The summed E-state index contributed by atoms with van der Waals surface area (Å²) in [6.45, 7) is 1.49. The van der Waals surface area contributed by atoms with Crippen molar-refractivity contribution in [2.75, 3.05) is 13.2 Å². The van der Waals surface area contributed by atoms with E-state index in [2.05, 4.69) is 5.32 Å². The van der Waals surface area contributed by atoms with Gasteiger partial charge in [0.15, 0.2) is 0 Å². The van der Waals surface area contributed by atoms with Gasteiger partial charge in [0.05, 0.1) is 0 Å². The van der Waals surface area contributed by atoms with E-state index in [1.54, 1.807) is 12.1 Å². The van der Waals surface area contributed by atoms with Gasteiger partial charge in [0.25, 0.3) is 0 Å². The summed E-state index contributed by atoms with van der Waals surface area (Å²) in [6.07, 6.45) is 2.78. The maximum Gasteiger partial charge on any atom is 0.129 e. The molecule has 2 N–H and O–H groups in total. The van der Waals surface area contributed by atoms with Crippen molar-refractivity contribution >= 4 is 11.6 Å². The Morgan fingerprint density at radius 2 is 2.06 bits per heavy atom. The van der Waals surface area contributed by atoms with Crippen LogP contribution in [0.15, 0.2) is 18.2 Å². The zero-order valence-electron chi connectivity index (χ0n) is 9.18. The second-order valence-electron chi connectivity index (χ2n) is 3.66. The molecule has 0 aliphatic carbocycles. The van der Waals surface area contributed by atoms with Crippen LogP contribution in [-0.4, -0.2) is 18.3 Å². The van der Waals surface area contributed by atoms with Crippen molar-refractivity contribution in [1.82, 2.24) is 5.32 Å². The van der Waals surface area contributed by atoms with Crippen molar-refractivity contribution in [2.24, 2.45) is 0 Å². The van der Waals surface area contributed by atoms with E-state index in [0.717, 1.165) is 25.8 Å². The molecule has 0 bridgehead atoms. The van der Waals surface area contributed by atoms with E-state index in [0.29, 0.717) is 17.1 Å². The summed E-state index contributed by atoms with van der Waals surface area (Å²) in [4.78, 5) is 0. The normalized spacial score (nSPS) is 10.7. The van der Waals surface area contributed by atoms with Crippen LogP contribution in [0.1, 0.15) is 24.8 Å². The first-order chi connectivity index (χ1) is 7.75. The molecule has 0 aliphatic heterocycles. The summed E-state index contributed by atoms with van der Waals surface area (Å²) >= 11 is 5.88. The van der Waals surface area contributed by atoms with E-state index < -0.39 is 0 Å². The highest BCUT2D eigenvalue weighted by atomic mass is 35.5. The number of halogens is 2. The molecule has 4 heteroatoms. The predicted molar refractivity (Wildman–Crippen MR) is 64.1 cm³/mol. The molecule has 1 aromatic carbocycles. The number of unbranched alkanes of at least 4 members (excludes halogenated alkanes) is 2. The van der Waals surface area contributed by atoms with Crippen molar-refractivity contribution in [1.29, 1.82) is 0 Å². The van der Waals surface area contributed by atoms with Gasteiger partial charge < -0.3 is 10.4 Å². The molecule has 0 spiro atoms. The number of rotatable bonds is 7. The summed E-state index contributed by atoms with van der Waals surface area (Å²) in [7, 11) is 0. The summed E-state index contributed by atoms with van der Waals surface area (Å²) < 4.78 is 13.3. The zero-order chi connectivity index (χ0) is 11.8. The van der Waals surface area contributed by atoms with Gasteiger partial charge in [0.2, 0.25) is 0 Å². The smallest absolute Gasteiger partial charge is 0.129 e. The molecule has 90 valence electrons. The summed E-state index contributed by atoms with van der Waals surface area (Å²) in [5, 5.41) is 12.2. The number of hydrogen-bond donors (Lipinski definition) is 2. The molecular weight excluding hydrogens is 229 g/mol. The van der Waals surface area contributed by atoms with Crippen molar-refractivity contribution in [3.05, 3.63) is 34.6 Å². The molecule has 1 rings (SSSR count). The van der Waals surface area contributed by atoms with E-state index in [1.807, 2.05) is 0 Å². The zero-order valence-corrected chi connectivity index (χ0v) is 9.93. The van der Waals surface area contributed by atoms with Crippen LogP contribution < -0.4 is 5.32 Å². The van der Waals surface area contributed by atoms with Gasteiger partial charge >= 0.3 is 0 Å². The van der Waals surface area contributed by atoms with Gasteiger partial charge in [-0.25, -0.2) is 4.39 Å². The SMILES string of the molecule is OCCCCCNCc1c(F)cccc1Cl. The van der Waals surface area contributed by atoms with Gasteiger partial charge in [-0.15, -0.1) is 0 Å². The third-order valence-corrected chi connectivity index (χ3v) is 2.73. The second kappa shape index (κ2) is 7.60. The van der Waals surface area contributed by atoms with Crippen LogP contribution in [0, 0.1) is 5.82 Å². The molecule has 0 fully saturated rings. The molecule has 0 saturated carbocycles. The van der Waals surface area contributed by atoms with Crippen LogP contribution in [-0.2, 0) is 6.54 Å². The lowest BCUT2D eigenvalue weighted by molar-refractivity contribution is 0.283. The Hall–Kier alpha value is -0.640. The fourth-order valence-corrected chi connectivity index (χ4v) is 1.68. The average Bonchev–Trinajstić information content (AvgIpc) is 2.26. The molecule has 1 aromatic rings.